The zero-order valence-electron chi connectivity index (χ0n) is 22.0. The molecule has 24 heteroatoms. The number of imidazole rings is 2. The maximum absolute atomic E-state index is 15.9. The van der Waals surface area contributed by atoms with Crippen LogP contribution in [0.2, 0.25) is 0 Å². The van der Waals surface area contributed by atoms with Crippen LogP contribution in [0.3, 0.4) is 0 Å². The number of aliphatic hydroxyl groups is 1. The minimum absolute atomic E-state index is 0.0492. The van der Waals surface area contributed by atoms with E-state index in [4.69, 9.17) is 58.4 Å². The Labute approximate surface area is 252 Å². The van der Waals surface area contributed by atoms with Gasteiger partial charge in [0, 0.05) is 0 Å². The molecule has 3 fully saturated rings. The van der Waals surface area contributed by atoms with Gasteiger partial charge in [0.05, 0.1) is 33.3 Å². The SMILES string of the molecule is [B-][P@@]1(=O)OC[C@H]2O[C@@H](n3cnc4c(N)ncnc43)C(O)[C@H]2OP([O-])(=S)OC[C@H]2O[C@@H](n3cnc4c(N)ncnc43)[C@@H](F)C2O1. The van der Waals surface area contributed by atoms with Crippen molar-refractivity contribution >= 4 is 67.5 Å². The van der Waals surface area contributed by atoms with Crippen molar-refractivity contribution in [1.82, 2.24) is 39.0 Å². The highest BCUT2D eigenvalue weighted by atomic mass is 32.5. The Balaban J connectivity index is 1.17. The van der Waals surface area contributed by atoms with Gasteiger partial charge in [-0.3, -0.25) is 9.13 Å². The van der Waals surface area contributed by atoms with E-state index >= 15 is 4.39 Å². The third kappa shape index (κ3) is 5.19. The van der Waals surface area contributed by atoms with Crippen molar-refractivity contribution < 1.29 is 46.5 Å². The summed E-state index contributed by atoms with van der Waals surface area (Å²) in [4.78, 5) is 37.5. The Morgan fingerprint density at radius 2 is 1.45 bits per heavy atom. The lowest BCUT2D eigenvalue weighted by atomic mass is 10.1. The number of fused-ring (bicyclic) bond motifs is 4. The minimum atomic E-state index is -4.55. The molecule has 3 unspecified atom stereocenters. The molecule has 0 saturated carbocycles. The summed E-state index contributed by atoms with van der Waals surface area (Å²) in [6, 6.07) is 0. The Hall–Kier alpha value is -2.75. The molecule has 7 heterocycles. The number of halogens is 1. The lowest BCUT2D eigenvalue weighted by molar-refractivity contribution is -0.218. The van der Waals surface area contributed by atoms with Gasteiger partial charge in [0.2, 0.25) is 0 Å². The molecule has 3 saturated heterocycles. The van der Waals surface area contributed by atoms with Crippen LogP contribution in [0.1, 0.15) is 12.5 Å². The van der Waals surface area contributed by atoms with Crippen molar-refractivity contribution in [2.75, 3.05) is 24.7 Å². The summed E-state index contributed by atoms with van der Waals surface area (Å²) in [6.07, 6.45) is -7.20. The highest BCUT2D eigenvalue weighted by molar-refractivity contribution is 8.06. The quantitative estimate of drug-likeness (QED) is 0.171. The smallest absolute Gasteiger partial charge is 0.174 e. The Morgan fingerprint density at radius 3 is 2.09 bits per heavy atom. The van der Waals surface area contributed by atoms with E-state index in [1.54, 1.807) is 0 Å². The van der Waals surface area contributed by atoms with Gasteiger partial charge in [0.25, 0.3) is 0 Å². The van der Waals surface area contributed by atoms with E-state index in [9.17, 15) is 14.6 Å². The Morgan fingerprint density at radius 1 is 0.909 bits per heavy atom. The van der Waals surface area contributed by atoms with Crippen LogP contribution in [0, 0.1) is 0 Å². The van der Waals surface area contributed by atoms with E-state index in [-0.39, 0.29) is 34.0 Å². The fourth-order valence-corrected chi connectivity index (χ4v) is 7.66. The zero-order valence-corrected chi connectivity index (χ0v) is 24.7. The molecular weight excluding hydrogens is 648 g/mol. The van der Waals surface area contributed by atoms with Gasteiger partial charge in [-0.25, -0.2) is 34.3 Å². The maximum Gasteiger partial charge on any atom is 0.174 e. The third-order valence-electron chi connectivity index (χ3n) is 7.23. The lowest BCUT2D eigenvalue weighted by Crippen LogP contribution is -2.39. The fourth-order valence-electron chi connectivity index (χ4n) is 5.23. The summed E-state index contributed by atoms with van der Waals surface area (Å²) in [6.45, 7) is -5.72. The number of hydrogen-bond donors (Lipinski definition) is 3. The van der Waals surface area contributed by atoms with E-state index in [1.165, 1.54) is 28.1 Å². The van der Waals surface area contributed by atoms with Gasteiger partial charge in [-0.05, 0) is 0 Å². The first-order valence-electron chi connectivity index (χ1n) is 12.8. The molecule has 4 aromatic rings. The second kappa shape index (κ2) is 11.0. The first-order valence-corrected chi connectivity index (χ1v) is 16.9. The summed E-state index contributed by atoms with van der Waals surface area (Å²) < 4.78 is 65.2. The highest BCUT2D eigenvalue weighted by Crippen LogP contribution is 2.52. The van der Waals surface area contributed by atoms with Crippen molar-refractivity contribution in [3.05, 3.63) is 25.3 Å². The molecule has 3 aliphatic rings. The van der Waals surface area contributed by atoms with Crippen molar-refractivity contribution in [3.8, 4) is 0 Å². The monoisotopic (exact) mass is 669 g/mol. The lowest BCUT2D eigenvalue weighted by Gasteiger charge is -2.37. The van der Waals surface area contributed by atoms with E-state index in [1.807, 2.05) is 0 Å². The second-order valence-corrected chi connectivity index (χ2v) is 14.2. The number of aliphatic hydroxyl groups excluding tert-OH is 1. The average molecular weight is 669 g/mol. The molecule has 19 nitrogen and oxygen atoms in total. The zero-order chi connectivity index (χ0) is 31.0. The van der Waals surface area contributed by atoms with Crippen LogP contribution < -0.4 is 16.4 Å². The average Bonchev–Trinajstić information content (AvgIpc) is 3.73. The van der Waals surface area contributed by atoms with E-state index in [2.05, 4.69) is 29.9 Å². The largest absolute Gasteiger partial charge is 0.780 e. The molecule has 7 rings (SSSR count). The van der Waals surface area contributed by atoms with E-state index in [0.29, 0.717) is 0 Å². The topological polar surface area (TPSA) is 255 Å². The summed E-state index contributed by atoms with van der Waals surface area (Å²) in [5.41, 5.74) is 12.4. The van der Waals surface area contributed by atoms with Gasteiger partial charge in [0.15, 0.2) is 41.6 Å². The molecule has 4 aromatic heterocycles. The van der Waals surface area contributed by atoms with Crippen LogP contribution in [0.4, 0.5) is 16.0 Å². The summed E-state index contributed by atoms with van der Waals surface area (Å²) in [5, 5.41) is 11.2. The molecule has 0 amide bonds. The van der Waals surface area contributed by atoms with Crippen molar-refractivity contribution in [2.45, 2.75) is 49.1 Å². The number of ether oxygens (including phenoxy) is 2. The third-order valence-corrected chi connectivity index (χ3v) is 9.82. The summed E-state index contributed by atoms with van der Waals surface area (Å²) in [5.74, 6) is 0.130. The second-order valence-electron chi connectivity index (χ2n) is 9.95. The van der Waals surface area contributed by atoms with E-state index < -0.39 is 76.6 Å². The van der Waals surface area contributed by atoms with Crippen LogP contribution in [0.15, 0.2) is 25.3 Å². The Kier molecular flexibility index (Phi) is 7.45. The number of alkyl halides is 1. The summed E-state index contributed by atoms with van der Waals surface area (Å²) >= 11 is 5.09. The standard InChI is InChI=1S/C20H22BFN10O9P2S/c21-42(34)36-1-8-14(12(33)20(39-8)32-6-30-11-16(24)26-4-28-18(11)32)41-43(35,44)37-2-7-13(40-42)9(22)19(38-7)31-5-29-10-15(23)25-3-27-17(10)31/h3-9,12-14,19-20,33H,1-2H2,(H,35,44)(H2,23,25,27)(H2,24,26,28)/q-1/p-1/t7-,8-,9+,12?,13?,14+,19-,20-,42-,43?/m1/s1. The van der Waals surface area contributed by atoms with Crippen molar-refractivity contribution in [3.63, 3.8) is 0 Å². The molecule has 0 spiro atoms. The number of nitrogens with two attached hydrogens (primary N) is 2. The van der Waals surface area contributed by atoms with E-state index in [0.717, 1.165) is 6.33 Å². The first-order chi connectivity index (χ1) is 20.9. The van der Waals surface area contributed by atoms with Gasteiger partial charge >= 0.3 is 0 Å². The number of nitrogens with zero attached hydrogens (tertiary/aromatic N) is 8. The molecule has 44 heavy (non-hydrogen) atoms. The van der Waals surface area contributed by atoms with Gasteiger partial charge in [-0.1, -0.05) is 11.8 Å². The van der Waals surface area contributed by atoms with Gasteiger partial charge in [-0.2, -0.15) is 0 Å². The number of aromatic nitrogens is 8. The van der Waals surface area contributed by atoms with Crippen LogP contribution >= 0.6 is 14.2 Å². The van der Waals surface area contributed by atoms with Gasteiger partial charge in [-0.15, -0.1) is 0 Å². The predicted molar refractivity (Wildman–Crippen MR) is 147 cm³/mol. The number of rotatable bonds is 2. The normalized spacial score (nSPS) is 38.3. The molecule has 5 N–H and O–H groups in total. The predicted octanol–water partition coefficient (Wildman–Crippen LogP) is -0.997. The molecule has 0 aromatic carbocycles. The van der Waals surface area contributed by atoms with Crippen molar-refractivity contribution in [2.24, 2.45) is 0 Å². The van der Waals surface area contributed by atoms with Crippen LogP contribution in [-0.2, 0) is 43.9 Å². The van der Waals surface area contributed by atoms with Crippen LogP contribution in [-0.4, -0.2) is 102 Å². The highest BCUT2D eigenvalue weighted by Gasteiger charge is 2.51. The summed E-state index contributed by atoms with van der Waals surface area (Å²) in [7, 11) is 1.31. The number of anilines is 2. The molecule has 3 aliphatic heterocycles. The van der Waals surface area contributed by atoms with Crippen LogP contribution in [0.5, 0.6) is 0 Å². The first kappa shape index (κ1) is 29.9. The molecule has 233 valence electrons. The van der Waals surface area contributed by atoms with Gasteiger partial charge < -0.3 is 61.2 Å². The van der Waals surface area contributed by atoms with Crippen molar-refractivity contribution in [1.29, 1.82) is 0 Å². The maximum atomic E-state index is 15.9. The molecular formula is C20H21BFN10O9P2S-2. The fraction of sp³-hybridized carbons (Fsp3) is 0.500. The molecule has 0 aliphatic carbocycles. The molecule has 3 radical (unpaired) electrons. The van der Waals surface area contributed by atoms with Crippen LogP contribution in [0.25, 0.3) is 22.3 Å². The minimum Gasteiger partial charge on any atom is -0.780 e. The molecule has 0 bridgehead atoms. The van der Waals surface area contributed by atoms with Gasteiger partial charge in [0.1, 0.15) is 60.9 Å². The Bertz CT molecular complexity index is 1710. The number of nitrogen functional groups attached to an aromatic ring is 2. The molecule has 10 atom stereocenters. The number of hydrogen-bond acceptors (Lipinski definition) is 18.